The van der Waals surface area contributed by atoms with Gasteiger partial charge in [0.25, 0.3) is 5.91 Å². The molecule has 2 N–H and O–H groups in total. The average molecular weight is 405 g/mol. The summed E-state index contributed by atoms with van der Waals surface area (Å²) in [5.74, 6) is -1.64. The summed E-state index contributed by atoms with van der Waals surface area (Å²) in [6, 6.07) is 10.4. The van der Waals surface area contributed by atoms with Gasteiger partial charge in [-0.1, -0.05) is 0 Å². The minimum absolute atomic E-state index is 0.0214. The molecule has 0 saturated carbocycles. The van der Waals surface area contributed by atoms with Crippen molar-refractivity contribution in [1.82, 2.24) is 4.98 Å². The number of carbonyl (C=O) groups is 1. The third-order valence-corrected chi connectivity index (χ3v) is 4.12. The molecule has 1 aromatic heterocycles. The van der Waals surface area contributed by atoms with E-state index in [1.807, 2.05) is 6.07 Å². The number of benzene rings is 2. The Morgan fingerprint density at radius 3 is 2.69 bits per heavy atom. The first-order chi connectivity index (χ1) is 13.8. The number of nitriles is 1. The number of halogens is 4. The van der Waals surface area contributed by atoms with Gasteiger partial charge in [-0.3, -0.25) is 4.79 Å². The summed E-state index contributed by atoms with van der Waals surface area (Å²) in [6.07, 6.45) is -4.05. The maximum atomic E-state index is 14.1. The zero-order valence-electron chi connectivity index (χ0n) is 14.9. The van der Waals surface area contributed by atoms with Crippen LogP contribution in [0, 0.1) is 17.1 Å². The fourth-order valence-corrected chi connectivity index (χ4v) is 2.71. The van der Waals surface area contributed by atoms with Crippen LogP contribution in [0.2, 0.25) is 0 Å². The van der Waals surface area contributed by atoms with Crippen LogP contribution < -0.4 is 10.1 Å². The summed E-state index contributed by atoms with van der Waals surface area (Å²) < 4.78 is 55.4. The first-order valence-corrected chi connectivity index (χ1v) is 8.58. The van der Waals surface area contributed by atoms with Crippen LogP contribution in [-0.4, -0.2) is 23.7 Å². The van der Waals surface area contributed by atoms with Gasteiger partial charge >= 0.3 is 6.18 Å². The third-order valence-electron chi connectivity index (χ3n) is 4.12. The smallest absolute Gasteiger partial charge is 0.389 e. The molecular formula is C20H15F4N3O2. The van der Waals surface area contributed by atoms with Crippen molar-refractivity contribution in [3.63, 3.8) is 0 Å². The lowest BCUT2D eigenvalue weighted by molar-refractivity contribution is -0.136. The summed E-state index contributed by atoms with van der Waals surface area (Å²) in [5, 5.41) is 12.3. The van der Waals surface area contributed by atoms with E-state index in [1.54, 1.807) is 24.4 Å². The molecule has 0 spiro atoms. The van der Waals surface area contributed by atoms with Crippen molar-refractivity contribution in [3.8, 4) is 11.8 Å². The van der Waals surface area contributed by atoms with Gasteiger partial charge in [0.05, 0.1) is 23.9 Å². The Labute approximate surface area is 162 Å². The second-order valence-electron chi connectivity index (χ2n) is 6.24. The molecule has 0 unspecified atom stereocenters. The molecule has 0 atom stereocenters. The summed E-state index contributed by atoms with van der Waals surface area (Å²) in [4.78, 5) is 15.3. The number of H-pyrrole nitrogens is 1. The quantitative estimate of drug-likeness (QED) is 0.440. The van der Waals surface area contributed by atoms with Crippen molar-refractivity contribution in [3.05, 3.63) is 59.5 Å². The number of aromatic nitrogens is 1. The standard InChI is InChI=1S/C20H15F4N3O2/c21-15-9-13(3-5-18(15)29-7-1-6-20(22,23)24)19(28)27-17-11-26-16-8-12(10-25)2-4-14(16)17/h2-5,8-9,11,26H,1,6-7H2,(H,27,28). The van der Waals surface area contributed by atoms with Crippen LogP contribution in [0.4, 0.5) is 23.2 Å². The van der Waals surface area contributed by atoms with Gasteiger partial charge in [0.15, 0.2) is 11.6 Å². The molecular weight excluding hydrogens is 390 g/mol. The summed E-state index contributed by atoms with van der Waals surface area (Å²) >= 11 is 0. The van der Waals surface area contributed by atoms with Gasteiger partial charge in [-0.05, 0) is 42.8 Å². The number of hydrogen-bond acceptors (Lipinski definition) is 3. The Bertz CT molecular complexity index is 1080. The van der Waals surface area contributed by atoms with Gasteiger partial charge in [0.1, 0.15) is 0 Å². The predicted octanol–water partition coefficient (Wildman–Crippen LogP) is 5.15. The lowest BCUT2D eigenvalue weighted by atomic mass is 10.1. The molecule has 150 valence electrons. The van der Waals surface area contributed by atoms with Crippen LogP contribution in [-0.2, 0) is 0 Å². The predicted molar refractivity (Wildman–Crippen MR) is 98.2 cm³/mol. The van der Waals surface area contributed by atoms with E-state index in [4.69, 9.17) is 10.00 Å². The number of ether oxygens (including phenoxy) is 1. The SMILES string of the molecule is N#Cc1ccc2c(NC(=O)c3ccc(OCCCC(F)(F)F)c(F)c3)c[nH]c2c1. The van der Waals surface area contributed by atoms with Crippen molar-refractivity contribution >= 4 is 22.5 Å². The Hall–Kier alpha value is -3.54. The normalized spacial score (nSPS) is 11.3. The topological polar surface area (TPSA) is 77.9 Å². The van der Waals surface area contributed by atoms with Crippen molar-refractivity contribution in [1.29, 1.82) is 5.26 Å². The third kappa shape index (κ3) is 5.04. The van der Waals surface area contributed by atoms with E-state index in [0.29, 0.717) is 22.2 Å². The van der Waals surface area contributed by atoms with Crippen molar-refractivity contribution < 1.29 is 27.1 Å². The molecule has 0 aliphatic heterocycles. The number of aromatic amines is 1. The lowest BCUT2D eigenvalue weighted by Gasteiger charge is -2.10. The molecule has 5 nitrogen and oxygen atoms in total. The van der Waals surface area contributed by atoms with E-state index in [-0.39, 0.29) is 24.3 Å². The second kappa shape index (κ2) is 8.22. The average Bonchev–Trinajstić information content (AvgIpc) is 3.07. The molecule has 9 heteroatoms. The maximum Gasteiger partial charge on any atom is 0.389 e. The van der Waals surface area contributed by atoms with E-state index in [9.17, 15) is 22.4 Å². The molecule has 0 radical (unpaired) electrons. The molecule has 0 aliphatic rings. The minimum atomic E-state index is -4.29. The van der Waals surface area contributed by atoms with Gasteiger partial charge < -0.3 is 15.0 Å². The van der Waals surface area contributed by atoms with E-state index >= 15 is 0 Å². The lowest BCUT2D eigenvalue weighted by Crippen LogP contribution is -2.12. The number of hydrogen-bond donors (Lipinski definition) is 2. The molecule has 2 aromatic carbocycles. The molecule has 3 rings (SSSR count). The highest BCUT2D eigenvalue weighted by Crippen LogP contribution is 2.26. The number of nitrogens with one attached hydrogen (secondary N) is 2. The van der Waals surface area contributed by atoms with E-state index in [2.05, 4.69) is 10.3 Å². The van der Waals surface area contributed by atoms with E-state index < -0.39 is 24.3 Å². The number of alkyl halides is 3. The van der Waals surface area contributed by atoms with Gasteiger partial charge in [0, 0.05) is 29.1 Å². The van der Waals surface area contributed by atoms with Gasteiger partial charge in [-0.25, -0.2) is 4.39 Å². The zero-order valence-corrected chi connectivity index (χ0v) is 14.9. The zero-order chi connectivity index (χ0) is 21.0. The summed E-state index contributed by atoms with van der Waals surface area (Å²) in [7, 11) is 0. The fourth-order valence-electron chi connectivity index (χ4n) is 2.71. The van der Waals surface area contributed by atoms with Crippen LogP contribution in [0.5, 0.6) is 5.75 Å². The van der Waals surface area contributed by atoms with Crippen LogP contribution in [0.1, 0.15) is 28.8 Å². The van der Waals surface area contributed by atoms with Crippen LogP contribution >= 0.6 is 0 Å². The molecule has 1 heterocycles. The highest BCUT2D eigenvalue weighted by molar-refractivity contribution is 6.09. The molecule has 0 aliphatic carbocycles. The Morgan fingerprint density at radius 1 is 1.21 bits per heavy atom. The van der Waals surface area contributed by atoms with Gasteiger partial charge in [-0.15, -0.1) is 0 Å². The molecule has 3 aromatic rings. The highest BCUT2D eigenvalue weighted by atomic mass is 19.4. The van der Waals surface area contributed by atoms with Crippen molar-refractivity contribution in [2.24, 2.45) is 0 Å². The highest BCUT2D eigenvalue weighted by Gasteiger charge is 2.26. The number of carbonyl (C=O) groups excluding carboxylic acids is 1. The van der Waals surface area contributed by atoms with Crippen LogP contribution in [0.3, 0.4) is 0 Å². The number of fused-ring (bicyclic) bond motifs is 1. The van der Waals surface area contributed by atoms with Crippen LogP contribution in [0.25, 0.3) is 10.9 Å². The number of amides is 1. The minimum Gasteiger partial charge on any atom is -0.491 e. The largest absolute Gasteiger partial charge is 0.491 e. The molecule has 29 heavy (non-hydrogen) atoms. The fraction of sp³-hybridized carbons (Fsp3) is 0.200. The van der Waals surface area contributed by atoms with Crippen LogP contribution in [0.15, 0.2) is 42.6 Å². The van der Waals surface area contributed by atoms with E-state index in [1.165, 1.54) is 12.1 Å². The Kier molecular flexibility index (Phi) is 5.73. The number of anilines is 1. The first-order valence-electron chi connectivity index (χ1n) is 8.58. The van der Waals surface area contributed by atoms with Gasteiger partial charge in [-0.2, -0.15) is 18.4 Å². The van der Waals surface area contributed by atoms with Gasteiger partial charge in [0.2, 0.25) is 0 Å². The molecule has 0 bridgehead atoms. The number of nitrogens with zero attached hydrogens (tertiary/aromatic N) is 1. The van der Waals surface area contributed by atoms with Crippen molar-refractivity contribution in [2.45, 2.75) is 19.0 Å². The maximum absolute atomic E-state index is 14.1. The molecule has 0 fully saturated rings. The summed E-state index contributed by atoms with van der Waals surface area (Å²) in [6.45, 7) is -0.290. The first kappa shape index (κ1) is 20.2. The Morgan fingerprint density at radius 2 is 2.00 bits per heavy atom. The van der Waals surface area contributed by atoms with Crippen molar-refractivity contribution in [2.75, 3.05) is 11.9 Å². The van der Waals surface area contributed by atoms with E-state index in [0.717, 1.165) is 6.07 Å². The summed E-state index contributed by atoms with van der Waals surface area (Å²) in [5.41, 5.74) is 1.61. The molecule has 1 amide bonds. The monoisotopic (exact) mass is 405 g/mol. The number of rotatable bonds is 6. The Balaban J connectivity index is 1.66. The second-order valence-corrected chi connectivity index (χ2v) is 6.24. The molecule has 0 saturated heterocycles.